The van der Waals surface area contributed by atoms with Gasteiger partial charge in [-0.15, -0.1) is 0 Å². The molecule has 1 atom stereocenters. The third kappa shape index (κ3) is 51.0. The van der Waals surface area contributed by atoms with E-state index >= 15 is 0 Å². The summed E-state index contributed by atoms with van der Waals surface area (Å²) in [6, 6.07) is 0. The second kappa shape index (κ2) is 23.2. The predicted molar refractivity (Wildman–Crippen MR) is 59.9 cm³/mol. The molecule has 0 heterocycles. The van der Waals surface area contributed by atoms with Crippen LogP contribution in [0.3, 0.4) is 0 Å². The lowest BCUT2D eigenvalue weighted by atomic mass is 11.9. The van der Waals surface area contributed by atoms with Gasteiger partial charge in [0.2, 0.25) is 0 Å². The van der Waals surface area contributed by atoms with E-state index in [0.29, 0.717) is 7.61 Å². The van der Waals surface area contributed by atoms with Gasteiger partial charge in [-0.2, -0.15) is 0 Å². The average Bonchev–Trinajstić information content (AvgIpc) is 1.38. The van der Waals surface area contributed by atoms with Crippen LogP contribution in [0.1, 0.15) is 29.7 Å². The largest absolute Gasteiger partial charge is 0.0998 e. The Morgan fingerprint density at radius 2 is 1.00 bits per heavy atom. The molecule has 0 aliphatic rings. The van der Waals surface area contributed by atoms with Gasteiger partial charge in [-0.05, 0) is 20.0 Å². The van der Waals surface area contributed by atoms with Crippen LogP contribution in [-0.4, -0.2) is 20.0 Å². The first-order valence-electron chi connectivity index (χ1n) is 1.62. The predicted octanol–water partition coefficient (Wildman–Crippen LogP) is 4.50. The maximum Gasteiger partial charge on any atom is -0.0410 e. The fraction of sp³-hybridized carbons (Fsp3) is 1.00. The zero-order valence-corrected chi connectivity index (χ0v) is 5.84. The number of rotatable bonds is 1. The van der Waals surface area contributed by atoms with Gasteiger partial charge >= 0.3 is 0 Å². The van der Waals surface area contributed by atoms with E-state index in [1.807, 2.05) is 0 Å². The van der Waals surface area contributed by atoms with Gasteiger partial charge in [-0.1, -0.05) is 45.6 Å². The molecule has 0 bridgehead atoms. The van der Waals surface area contributed by atoms with E-state index in [1.54, 1.807) is 0 Å². The van der Waals surface area contributed by atoms with Gasteiger partial charge in [-0.3, -0.25) is 0 Å². The van der Waals surface area contributed by atoms with Crippen LogP contribution in [-0.2, 0) is 0 Å². The smallest absolute Gasteiger partial charge is 0.0410 e. The summed E-state index contributed by atoms with van der Waals surface area (Å²) in [7, 11) is 1.61. The molecule has 0 radical (unpaired) electrons. The molecule has 0 aromatic carbocycles. The molecule has 0 aliphatic heterocycles. The summed E-state index contributed by atoms with van der Waals surface area (Å²) in [6.07, 6.45) is 0. The lowest BCUT2D eigenvalue weighted by Crippen LogP contribution is -1.43. The number of hydrogen-bond acceptors (Lipinski definition) is 0. The van der Waals surface area contributed by atoms with Crippen molar-refractivity contribution in [2.24, 2.45) is 0 Å². The highest BCUT2D eigenvalue weighted by Gasteiger charge is 1.77. The van der Waals surface area contributed by atoms with Gasteiger partial charge < -0.3 is 0 Å². The Labute approximate surface area is 66.3 Å². The van der Waals surface area contributed by atoms with Gasteiger partial charge in [-0.25, -0.2) is 0 Å². The van der Waals surface area contributed by atoms with E-state index in [1.165, 1.54) is 8.27 Å². The lowest BCUT2D eigenvalue weighted by molar-refractivity contribution is 2.28. The minimum absolute atomic E-state index is 0. The highest BCUT2D eigenvalue weighted by atomic mass is 32.0. The summed E-state index contributed by atoms with van der Waals surface area (Å²) in [5.41, 5.74) is 0. The second-order valence-corrected chi connectivity index (χ2v) is 7.38. The molecule has 0 N–H and O–H groups in total. The first kappa shape index (κ1) is 32.8. The Morgan fingerprint density at radius 1 is 0.889 bits per heavy atom. The van der Waals surface area contributed by atoms with E-state index in [2.05, 4.69) is 20.0 Å². The molecule has 9 heavy (non-hydrogen) atoms. The molecule has 64 valence electrons. The van der Waals surface area contributed by atoms with E-state index < -0.39 is 0 Å². The van der Waals surface area contributed by atoms with Crippen molar-refractivity contribution in [3.8, 4) is 0 Å². The molecular formula is C7H26P2. The standard InChI is InChI=1S/C3H10P2.4CH4/c1-4-5(2)3;;;;/h4H,1-3H3;4*1H4. The lowest BCUT2D eigenvalue weighted by Gasteiger charge is -1.92. The van der Waals surface area contributed by atoms with Gasteiger partial charge in [0.1, 0.15) is 0 Å². The molecule has 0 saturated heterocycles. The molecule has 0 aromatic rings. The van der Waals surface area contributed by atoms with Crippen molar-refractivity contribution < 1.29 is 0 Å². The SMILES string of the molecule is C.C.C.C.CPP(C)C. The summed E-state index contributed by atoms with van der Waals surface area (Å²) in [5, 5.41) is 0. The topological polar surface area (TPSA) is 0 Å². The Hall–Kier alpha value is 0.860. The molecule has 0 rings (SSSR count). The van der Waals surface area contributed by atoms with E-state index in [0.717, 1.165) is 0 Å². The molecule has 0 amide bonds. The Kier molecular flexibility index (Phi) is 84.4. The van der Waals surface area contributed by atoms with Crippen LogP contribution in [0.2, 0.25) is 0 Å². The van der Waals surface area contributed by atoms with Crippen molar-refractivity contribution in [3.63, 3.8) is 0 Å². The van der Waals surface area contributed by atoms with E-state index in [-0.39, 0.29) is 29.7 Å². The molecule has 0 fully saturated rings. The fourth-order valence-electron chi connectivity index (χ4n) is 0. The fourth-order valence-corrected chi connectivity index (χ4v) is 0. The minimum Gasteiger partial charge on any atom is -0.0998 e. The Morgan fingerprint density at radius 3 is 1.00 bits per heavy atom. The van der Waals surface area contributed by atoms with Crippen LogP contribution >= 0.6 is 15.9 Å². The van der Waals surface area contributed by atoms with Gasteiger partial charge in [0, 0.05) is 0 Å². The third-order valence-electron chi connectivity index (χ3n) is 0.447. The average molecular weight is 172 g/mol. The van der Waals surface area contributed by atoms with Crippen molar-refractivity contribution in [2.75, 3.05) is 20.0 Å². The van der Waals surface area contributed by atoms with Crippen LogP contribution in [0.15, 0.2) is 0 Å². The van der Waals surface area contributed by atoms with Crippen molar-refractivity contribution in [2.45, 2.75) is 29.7 Å². The van der Waals surface area contributed by atoms with Crippen molar-refractivity contribution in [1.29, 1.82) is 0 Å². The molecule has 0 aromatic heterocycles. The maximum absolute atomic E-state index is 2.30. The molecular weight excluding hydrogens is 146 g/mol. The van der Waals surface area contributed by atoms with Crippen molar-refractivity contribution >= 4 is 15.9 Å². The van der Waals surface area contributed by atoms with Crippen LogP contribution in [0.5, 0.6) is 0 Å². The Balaban J connectivity index is -0.0000000133. The van der Waals surface area contributed by atoms with Crippen LogP contribution in [0, 0.1) is 0 Å². The quantitative estimate of drug-likeness (QED) is 0.511. The van der Waals surface area contributed by atoms with Crippen LogP contribution in [0.4, 0.5) is 0 Å². The van der Waals surface area contributed by atoms with E-state index in [4.69, 9.17) is 0 Å². The summed E-state index contributed by atoms with van der Waals surface area (Å²) in [6.45, 7) is 6.85. The van der Waals surface area contributed by atoms with Crippen LogP contribution < -0.4 is 0 Å². The van der Waals surface area contributed by atoms with Gasteiger partial charge in [0.15, 0.2) is 0 Å². The van der Waals surface area contributed by atoms with Crippen molar-refractivity contribution in [3.05, 3.63) is 0 Å². The van der Waals surface area contributed by atoms with Crippen LogP contribution in [0.25, 0.3) is 0 Å². The molecule has 1 unspecified atom stereocenters. The molecule has 0 spiro atoms. The first-order valence-corrected chi connectivity index (χ1v) is 6.20. The van der Waals surface area contributed by atoms with E-state index in [9.17, 15) is 0 Å². The van der Waals surface area contributed by atoms with Crippen molar-refractivity contribution in [1.82, 2.24) is 0 Å². The second-order valence-electron chi connectivity index (χ2n) is 1.12. The summed E-state index contributed by atoms with van der Waals surface area (Å²) >= 11 is 0. The highest BCUT2D eigenvalue weighted by Crippen LogP contribution is 2.45. The summed E-state index contributed by atoms with van der Waals surface area (Å²) in [4.78, 5) is 0. The highest BCUT2D eigenvalue weighted by molar-refractivity contribution is 8.20. The van der Waals surface area contributed by atoms with Gasteiger partial charge in [0.25, 0.3) is 0 Å². The maximum atomic E-state index is 2.30. The molecule has 2 heteroatoms. The normalized spacial score (nSPS) is 6.67. The summed E-state index contributed by atoms with van der Waals surface area (Å²) in [5.74, 6) is 0. The third-order valence-corrected chi connectivity index (χ3v) is 4.02. The molecule has 0 aliphatic carbocycles. The first-order chi connectivity index (χ1) is 2.27. The Bertz CT molecular complexity index is 20.9. The summed E-state index contributed by atoms with van der Waals surface area (Å²) < 4.78 is 0. The zero-order valence-electron chi connectivity index (χ0n) is 3.95. The zero-order chi connectivity index (χ0) is 4.28. The monoisotopic (exact) mass is 172 g/mol. The molecule has 0 saturated carbocycles. The molecule has 0 nitrogen and oxygen atoms in total. The van der Waals surface area contributed by atoms with Gasteiger partial charge in [0.05, 0.1) is 0 Å². The minimum atomic E-state index is 0. The number of hydrogen-bond donors (Lipinski definition) is 0.